The molecular formula is C10H7FN2O2. The van der Waals surface area contributed by atoms with Crippen LogP contribution in [-0.2, 0) is 0 Å². The van der Waals surface area contributed by atoms with Crippen LogP contribution >= 0.6 is 0 Å². The number of nitrogens with zero attached hydrogens (tertiary/aromatic N) is 2. The van der Waals surface area contributed by atoms with Gasteiger partial charge in [-0.25, -0.2) is 4.68 Å². The number of aromatic hydroxyl groups is 1. The monoisotopic (exact) mass is 206 g/mol. The van der Waals surface area contributed by atoms with Crippen LogP contribution < -0.4 is 0 Å². The van der Waals surface area contributed by atoms with Crippen molar-refractivity contribution in [2.24, 2.45) is 0 Å². The molecule has 0 radical (unpaired) electrons. The molecule has 0 aliphatic carbocycles. The molecule has 0 saturated carbocycles. The van der Waals surface area contributed by atoms with E-state index in [9.17, 15) is 9.18 Å². The molecule has 1 aromatic heterocycles. The molecule has 2 aromatic rings. The van der Waals surface area contributed by atoms with E-state index in [2.05, 4.69) is 5.10 Å². The van der Waals surface area contributed by atoms with E-state index in [0.717, 1.165) is 10.9 Å². The summed E-state index contributed by atoms with van der Waals surface area (Å²) in [5.41, 5.74) is 0.349. The largest absolute Gasteiger partial charge is 0.508 e. The van der Waals surface area contributed by atoms with Crippen LogP contribution in [0.25, 0.3) is 5.69 Å². The van der Waals surface area contributed by atoms with Crippen molar-refractivity contribution in [2.45, 2.75) is 0 Å². The number of benzene rings is 1. The Morgan fingerprint density at radius 1 is 1.33 bits per heavy atom. The summed E-state index contributed by atoms with van der Waals surface area (Å²) < 4.78 is 14.4. The Balaban J connectivity index is 2.49. The van der Waals surface area contributed by atoms with Gasteiger partial charge in [0.25, 0.3) is 0 Å². The maximum absolute atomic E-state index is 13.4. The average Bonchev–Trinajstić information content (AvgIpc) is 2.61. The second kappa shape index (κ2) is 3.53. The minimum absolute atomic E-state index is 0.0851. The number of aromatic nitrogens is 2. The number of phenols is 1. The first-order chi connectivity index (χ1) is 7.22. The first-order valence-corrected chi connectivity index (χ1v) is 4.20. The van der Waals surface area contributed by atoms with Gasteiger partial charge in [0, 0.05) is 0 Å². The van der Waals surface area contributed by atoms with Crippen LogP contribution in [0.15, 0.2) is 30.5 Å². The maximum atomic E-state index is 13.4. The minimum atomic E-state index is -0.712. The van der Waals surface area contributed by atoms with Gasteiger partial charge in [0.05, 0.1) is 17.4 Å². The first-order valence-electron chi connectivity index (χ1n) is 4.20. The molecule has 0 unspecified atom stereocenters. The first kappa shape index (κ1) is 9.39. The van der Waals surface area contributed by atoms with E-state index < -0.39 is 5.95 Å². The third-order valence-corrected chi connectivity index (χ3v) is 1.96. The lowest BCUT2D eigenvalue weighted by atomic mass is 10.3. The molecule has 0 atom stereocenters. The Kier molecular flexibility index (Phi) is 2.21. The van der Waals surface area contributed by atoms with E-state index in [4.69, 9.17) is 5.11 Å². The van der Waals surface area contributed by atoms with Crippen LogP contribution in [0.4, 0.5) is 4.39 Å². The number of phenolic OH excluding ortho intramolecular Hbond substituents is 1. The van der Waals surface area contributed by atoms with Crippen molar-refractivity contribution in [3.05, 3.63) is 42.0 Å². The molecule has 1 heterocycles. The molecule has 0 spiro atoms. The van der Waals surface area contributed by atoms with E-state index in [1.54, 1.807) is 0 Å². The summed E-state index contributed by atoms with van der Waals surface area (Å²) in [5, 5.41) is 12.8. The topological polar surface area (TPSA) is 55.1 Å². The number of aldehydes is 1. The molecule has 1 N–H and O–H groups in total. The van der Waals surface area contributed by atoms with Crippen LogP contribution in [0.2, 0.25) is 0 Å². The number of carbonyl (C=O) groups is 1. The Labute approximate surface area is 84.6 Å². The Hall–Kier alpha value is -2.17. The third kappa shape index (κ3) is 1.59. The molecule has 4 nitrogen and oxygen atoms in total. The smallest absolute Gasteiger partial charge is 0.226 e. The van der Waals surface area contributed by atoms with Gasteiger partial charge in [0.2, 0.25) is 5.95 Å². The number of rotatable bonds is 2. The van der Waals surface area contributed by atoms with Gasteiger partial charge in [-0.3, -0.25) is 4.79 Å². The van der Waals surface area contributed by atoms with Crippen LogP contribution in [0, 0.1) is 5.95 Å². The Morgan fingerprint density at radius 2 is 2.00 bits per heavy atom. The molecule has 0 fully saturated rings. The van der Waals surface area contributed by atoms with Crippen molar-refractivity contribution in [3.8, 4) is 11.4 Å². The summed E-state index contributed by atoms with van der Waals surface area (Å²) >= 11 is 0. The van der Waals surface area contributed by atoms with Gasteiger partial charge in [0.15, 0.2) is 6.29 Å². The highest BCUT2D eigenvalue weighted by Gasteiger charge is 2.10. The quantitative estimate of drug-likeness (QED) is 0.758. The van der Waals surface area contributed by atoms with Crippen LogP contribution in [-0.4, -0.2) is 21.2 Å². The van der Waals surface area contributed by atoms with E-state index in [1.807, 2.05) is 0 Å². The summed E-state index contributed by atoms with van der Waals surface area (Å²) in [6, 6.07) is 5.83. The van der Waals surface area contributed by atoms with Gasteiger partial charge in [-0.1, -0.05) is 0 Å². The highest BCUT2D eigenvalue weighted by molar-refractivity contribution is 5.74. The predicted molar refractivity (Wildman–Crippen MR) is 50.6 cm³/mol. The number of hydrogen-bond donors (Lipinski definition) is 1. The lowest BCUT2D eigenvalue weighted by Gasteiger charge is -2.01. The SMILES string of the molecule is O=Cc1cnn(-c2ccc(O)cc2)c1F. The highest BCUT2D eigenvalue weighted by atomic mass is 19.1. The molecule has 0 saturated heterocycles. The van der Waals surface area contributed by atoms with Gasteiger partial charge in [0.1, 0.15) is 5.75 Å². The Bertz CT molecular complexity index is 491. The third-order valence-electron chi connectivity index (χ3n) is 1.96. The summed E-state index contributed by atoms with van der Waals surface area (Å²) in [7, 11) is 0. The molecule has 76 valence electrons. The summed E-state index contributed by atoms with van der Waals surface area (Å²) in [4.78, 5) is 10.4. The molecule has 15 heavy (non-hydrogen) atoms. The summed E-state index contributed by atoms with van der Waals surface area (Å²) in [6.07, 6.45) is 1.55. The zero-order valence-corrected chi connectivity index (χ0v) is 7.59. The second-order valence-corrected chi connectivity index (χ2v) is 2.94. The molecule has 1 aromatic carbocycles. The number of hydrogen-bond acceptors (Lipinski definition) is 3. The molecule has 5 heteroatoms. The zero-order chi connectivity index (χ0) is 10.8. The lowest BCUT2D eigenvalue weighted by molar-refractivity contribution is 0.111. The van der Waals surface area contributed by atoms with Crippen molar-refractivity contribution >= 4 is 6.29 Å². The molecule has 0 amide bonds. The van der Waals surface area contributed by atoms with Crippen molar-refractivity contribution in [1.82, 2.24) is 9.78 Å². The molecular weight excluding hydrogens is 199 g/mol. The molecule has 0 aliphatic heterocycles. The van der Waals surface area contributed by atoms with Crippen molar-refractivity contribution < 1.29 is 14.3 Å². The van der Waals surface area contributed by atoms with E-state index >= 15 is 0 Å². The van der Waals surface area contributed by atoms with Gasteiger partial charge in [-0.2, -0.15) is 9.49 Å². The van der Waals surface area contributed by atoms with Crippen molar-refractivity contribution in [1.29, 1.82) is 0 Å². The molecule has 0 bridgehead atoms. The number of carbonyl (C=O) groups excluding carboxylic acids is 1. The fourth-order valence-electron chi connectivity index (χ4n) is 1.20. The summed E-state index contributed by atoms with van der Waals surface area (Å²) in [6.45, 7) is 0. The van der Waals surface area contributed by atoms with Crippen LogP contribution in [0.3, 0.4) is 0 Å². The fraction of sp³-hybridized carbons (Fsp3) is 0. The maximum Gasteiger partial charge on any atom is 0.226 e. The highest BCUT2D eigenvalue weighted by Crippen LogP contribution is 2.15. The fourth-order valence-corrected chi connectivity index (χ4v) is 1.20. The number of halogens is 1. The van der Waals surface area contributed by atoms with Crippen LogP contribution in [0.5, 0.6) is 5.75 Å². The minimum Gasteiger partial charge on any atom is -0.508 e. The van der Waals surface area contributed by atoms with Crippen molar-refractivity contribution in [3.63, 3.8) is 0 Å². The molecule has 0 aliphatic rings. The van der Waals surface area contributed by atoms with Gasteiger partial charge in [-0.15, -0.1) is 0 Å². The molecule has 2 rings (SSSR count). The lowest BCUT2D eigenvalue weighted by Crippen LogP contribution is -1.99. The normalized spacial score (nSPS) is 10.2. The average molecular weight is 206 g/mol. The predicted octanol–water partition coefficient (Wildman–Crippen LogP) is 1.53. The van der Waals surface area contributed by atoms with E-state index in [-0.39, 0.29) is 11.3 Å². The van der Waals surface area contributed by atoms with Crippen LogP contribution in [0.1, 0.15) is 10.4 Å². The Morgan fingerprint density at radius 3 is 2.53 bits per heavy atom. The zero-order valence-electron chi connectivity index (χ0n) is 7.59. The van der Waals surface area contributed by atoms with Crippen molar-refractivity contribution in [2.75, 3.05) is 0 Å². The summed E-state index contributed by atoms with van der Waals surface area (Å²) in [5.74, 6) is -0.627. The van der Waals surface area contributed by atoms with Gasteiger partial charge in [-0.05, 0) is 24.3 Å². The van der Waals surface area contributed by atoms with Gasteiger partial charge < -0.3 is 5.11 Å². The van der Waals surface area contributed by atoms with E-state index in [1.165, 1.54) is 24.3 Å². The second-order valence-electron chi connectivity index (χ2n) is 2.94. The van der Waals surface area contributed by atoms with Gasteiger partial charge >= 0.3 is 0 Å². The van der Waals surface area contributed by atoms with E-state index in [0.29, 0.717) is 12.0 Å². The standard InChI is InChI=1S/C10H7FN2O2/c11-10-7(6-14)5-12-13(10)8-1-3-9(15)4-2-8/h1-6,15H.